The summed E-state index contributed by atoms with van der Waals surface area (Å²) in [4.78, 5) is 0. The summed E-state index contributed by atoms with van der Waals surface area (Å²) < 4.78 is 29.7. The number of hydrogen-bond acceptors (Lipinski definition) is 1. The van der Waals surface area contributed by atoms with Gasteiger partial charge in [0.05, 0.1) is 0 Å². The number of allylic oxidation sites excluding steroid dienone is 1. The van der Waals surface area contributed by atoms with Crippen molar-refractivity contribution in [2.75, 3.05) is 0 Å². The fourth-order valence-corrected chi connectivity index (χ4v) is 3.87. The van der Waals surface area contributed by atoms with Gasteiger partial charge in [0.2, 0.25) is 8.32 Å². The first-order valence-corrected chi connectivity index (χ1v) is 7.20. The lowest BCUT2D eigenvalue weighted by atomic mass is 10.6. The number of rotatable bonds is 6. The van der Waals surface area contributed by atoms with Gasteiger partial charge in [-0.05, 0) is 18.1 Å². The van der Waals surface area contributed by atoms with Crippen molar-refractivity contribution in [3.8, 4) is 0 Å². The largest absolute Gasteiger partial charge is 0.543 e. The quantitative estimate of drug-likeness (QED) is 0.476. The zero-order valence-corrected chi connectivity index (χ0v) is 9.57. The van der Waals surface area contributed by atoms with Crippen molar-refractivity contribution < 1.29 is 13.2 Å². The average molecular weight is 208 g/mol. The van der Waals surface area contributed by atoms with Crippen molar-refractivity contribution in [2.45, 2.75) is 45.3 Å². The van der Waals surface area contributed by atoms with E-state index in [0.29, 0.717) is 0 Å². The number of halogens is 2. The molecule has 0 unspecified atom stereocenters. The van der Waals surface area contributed by atoms with E-state index in [0.717, 1.165) is 18.1 Å². The Hall–Kier alpha value is -0.383. The van der Waals surface area contributed by atoms with Crippen LogP contribution in [0.5, 0.6) is 0 Å². The normalized spacial score (nSPS) is 11.8. The Balaban J connectivity index is 4.33. The van der Waals surface area contributed by atoms with Crippen LogP contribution in [0, 0.1) is 0 Å². The lowest BCUT2D eigenvalue weighted by Crippen LogP contribution is -2.36. The van der Waals surface area contributed by atoms with E-state index in [1.54, 1.807) is 0 Å². The first-order valence-electron chi connectivity index (χ1n) is 4.67. The minimum atomic E-state index is -2.54. The Bertz CT molecular complexity index is 159. The van der Waals surface area contributed by atoms with Crippen molar-refractivity contribution in [2.24, 2.45) is 0 Å². The van der Waals surface area contributed by atoms with Crippen molar-refractivity contribution in [3.05, 3.63) is 12.3 Å². The third kappa shape index (κ3) is 3.46. The zero-order valence-electron chi connectivity index (χ0n) is 8.57. The van der Waals surface area contributed by atoms with Gasteiger partial charge in [0.15, 0.2) is 0 Å². The summed E-state index contributed by atoms with van der Waals surface area (Å²) in [6.07, 6.45) is -2.54. The lowest BCUT2D eigenvalue weighted by molar-refractivity contribution is 0.134. The standard InChI is InChI=1S/C9H18F2OSi/c1-5-13(6-2,7-3)12-8(4)9(10)11/h9H,4-7H2,1-3H3. The molecule has 0 heterocycles. The minimum Gasteiger partial charge on any atom is -0.543 e. The van der Waals surface area contributed by atoms with Gasteiger partial charge in [-0.3, -0.25) is 0 Å². The molecule has 0 amide bonds. The summed E-state index contributed by atoms with van der Waals surface area (Å²) in [5.74, 6) is -0.350. The average Bonchev–Trinajstić information content (AvgIpc) is 2.14. The molecule has 0 rings (SSSR count). The van der Waals surface area contributed by atoms with Crippen LogP contribution in [0.25, 0.3) is 0 Å². The third-order valence-electron chi connectivity index (χ3n) is 2.52. The molecular formula is C9H18F2OSi. The molecule has 13 heavy (non-hydrogen) atoms. The first kappa shape index (κ1) is 12.6. The molecular weight excluding hydrogens is 190 g/mol. The van der Waals surface area contributed by atoms with E-state index in [1.165, 1.54) is 0 Å². The highest BCUT2D eigenvalue weighted by atomic mass is 28.4. The Morgan fingerprint density at radius 3 is 1.85 bits per heavy atom. The zero-order chi connectivity index (χ0) is 10.5. The van der Waals surface area contributed by atoms with E-state index in [4.69, 9.17) is 4.43 Å². The van der Waals surface area contributed by atoms with Crippen LogP contribution in [0.2, 0.25) is 18.1 Å². The van der Waals surface area contributed by atoms with E-state index < -0.39 is 14.7 Å². The summed E-state index contributed by atoms with van der Waals surface area (Å²) in [6.45, 7) is 9.24. The van der Waals surface area contributed by atoms with Crippen LogP contribution in [-0.4, -0.2) is 14.7 Å². The van der Waals surface area contributed by atoms with Gasteiger partial charge in [-0.1, -0.05) is 27.4 Å². The molecule has 0 saturated heterocycles. The van der Waals surface area contributed by atoms with Crippen molar-refractivity contribution in [1.29, 1.82) is 0 Å². The molecule has 0 atom stereocenters. The highest BCUT2D eigenvalue weighted by Crippen LogP contribution is 2.26. The smallest absolute Gasteiger partial charge is 0.292 e. The van der Waals surface area contributed by atoms with Crippen LogP contribution in [0.15, 0.2) is 12.3 Å². The predicted octanol–water partition coefficient (Wildman–Crippen LogP) is 3.79. The van der Waals surface area contributed by atoms with Gasteiger partial charge < -0.3 is 4.43 Å². The number of alkyl halides is 2. The Labute approximate surface area is 79.9 Å². The molecule has 0 aromatic heterocycles. The second kappa shape index (κ2) is 5.37. The van der Waals surface area contributed by atoms with Gasteiger partial charge >= 0.3 is 0 Å². The van der Waals surface area contributed by atoms with Gasteiger partial charge in [0.1, 0.15) is 5.76 Å². The Morgan fingerprint density at radius 2 is 1.62 bits per heavy atom. The molecule has 0 aromatic carbocycles. The maximum atomic E-state index is 12.2. The summed E-state index contributed by atoms with van der Waals surface area (Å²) in [7, 11) is -1.92. The van der Waals surface area contributed by atoms with Crippen molar-refractivity contribution in [3.63, 3.8) is 0 Å². The number of hydrogen-bond donors (Lipinski definition) is 0. The monoisotopic (exact) mass is 208 g/mol. The predicted molar refractivity (Wildman–Crippen MR) is 53.4 cm³/mol. The van der Waals surface area contributed by atoms with Crippen molar-refractivity contribution >= 4 is 8.32 Å². The maximum Gasteiger partial charge on any atom is 0.292 e. The molecule has 0 bridgehead atoms. The fraction of sp³-hybridized carbons (Fsp3) is 0.778. The molecule has 0 aromatic rings. The fourth-order valence-electron chi connectivity index (χ4n) is 1.29. The molecule has 0 radical (unpaired) electrons. The van der Waals surface area contributed by atoms with E-state index in [9.17, 15) is 8.78 Å². The van der Waals surface area contributed by atoms with Crippen molar-refractivity contribution in [1.82, 2.24) is 0 Å². The van der Waals surface area contributed by atoms with Crippen LogP contribution >= 0.6 is 0 Å². The summed E-state index contributed by atoms with van der Waals surface area (Å²) >= 11 is 0. The highest BCUT2D eigenvalue weighted by molar-refractivity contribution is 6.73. The molecule has 78 valence electrons. The van der Waals surface area contributed by atoms with Gasteiger partial charge in [-0.2, -0.15) is 0 Å². The first-order chi connectivity index (χ1) is 6.01. The molecule has 0 fully saturated rings. The summed E-state index contributed by atoms with van der Waals surface area (Å²) in [5.41, 5.74) is 0. The lowest BCUT2D eigenvalue weighted by Gasteiger charge is -2.29. The van der Waals surface area contributed by atoms with E-state index in [2.05, 4.69) is 6.58 Å². The SMILES string of the molecule is C=C(O[Si](CC)(CC)CC)C(F)F. The van der Waals surface area contributed by atoms with Gasteiger partial charge in [0.25, 0.3) is 6.43 Å². The van der Waals surface area contributed by atoms with E-state index >= 15 is 0 Å². The maximum absolute atomic E-state index is 12.2. The highest BCUT2D eigenvalue weighted by Gasteiger charge is 2.32. The molecule has 0 aliphatic carbocycles. The molecule has 0 aliphatic rings. The molecule has 0 spiro atoms. The Kier molecular flexibility index (Phi) is 5.21. The summed E-state index contributed by atoms with van der Waals surface area (Å²) in [6, 6.07) is 2.60. The molecule has 0 N–H and O–H groups in total. The summed E-state index contributed by atoms with van der Waals surface area (Å²) in [5, 5.41) is 0. The van der Waals surface area contributed by atoms with E-state index in [1.807, 2.05) is 20.8 Å². The van der Waals surface area contributed by atoms with Gasteiger partial charge in [-0.25, -0.2) is 8.78 Å². The second-order valence-corrected chi connectivity index (χ2v) is 7.80. The van der Waals surface area contributed by atoms with E-state index in [-0.39, 0.29) is 5.76 Å². The molecule has 1 nitrogen and oxygen atoms in total. The molecule has 4 heteroatoms. The van der Waals surface area contributed by atoms with Crippen LogP contribution < -0.4 is 0 Å². The topological polar surface area (TPSA) is 9.23 Å². The molecule has 0 saturated carbocycles. The molecule has 0 aliphatic heterocycles. The Morgan fingerprint density at radius 1 is 1.23 bits per heavy atom. The van der Waals surface area contributed by atoms with Gasteiger partial charge in [0, 0.05) is 0 Å². The van der Waals surface area contributed by atoms with Crippen LogP contribution in [0.1, 0.15) is 20.8 Å². The van der Waals surface area contributed by atoms with Crippen LogP contribution in [-0.2, 0) is 4.43 Å². The van der Waals surface area contributed by atoms with Crippen LogP contribution in [0.3, 0.4) is 0 Å². The third-order valence-corrected chi connectivity index (χ3v) is 7.09. The second-order valence-electron chi connectivity index (χ2n) is 3.11. The minimum absolute atomic E-state index is 0.350. The van der Waals surface area contributed by atoms with Gasteiger partial charge in [-0.15, -0.1) is 0 Å². The van der Waals surface area contributed by atoms with Crippen LogP contribution in [0.4, 0.5) is 8.78 Å².